The van der Waals surface area contributed by atoms with Gasteiger partial charge >= 0.3 is 0 Å². The molecule has 3 rings (SSSR count). The molecule has 0 aliphatic carbocycles. The second-order valence-corrected chi connectivity index (χ2v) is 6.34. The monoisotopic (exact) mass is 327 g/mol. The molecular weight excluding hydrogens is 302 g/mol. The Morgan fingerprint density at radius 3 is 2.83 bits per heavy atom. The quantitative estimate of drug-likeness (QED) is 0.844. The Bertz CT molecular complexity index is 643. The van der Waals surface area contributed by atoms with Gasteiger partial charge in [0.2, 0.25) is 5.91 Å². The molecule has 1 saturated heterocycles. The molecule has 0 N–H and O–H groups in total. The molecule has 1 aliphatic heterocycles. The van der Waals surface area contributed by atoms with Crippen LogP contribution in [0.25, 0.3) is 0 Å². The Balaban J connectivity index is 1.79. The van der Waals surface area contributed by atoms with Gasteiger partial charge in [-0.3, -0.25) is 9.69 Å². The number of hydrogen-bond acceptors (Lipinski definition) is 4. The number of hydrogen-bond donors (Lipinski definition) is 0. The zero-order valence-electron chi connectivity index (χ0n) is 14.4. The zero-order valence-corrected chi connectivity index (χ0v) is 14.4. The van der Waals surface area contributed by atoms with E-state index in [0.717, 1.165) is 31.5 Å². The highest BCUT2D eigenvalue weighted by Crippen LogP contribution is 2.26. The molecule has 2 atom stereocenters. The van der Waals surface area contributed by atoms with E-state index >= 15 is 0 Å². The Morgan fingerprint density at radius 2 is 2.17 bits per heavy atom. The number of benzene rings is 1. The summed E-state index contributed by atoms with van der Waals surface area (Å²) in [5, 5.41) is 4.25. The minimum atomic E-state index is -0.231. The highest BCUT2D eigenvalue weighted by atomic mass is 16.2. The van der Waals surface area contributed by atoms with Crippen molar-refractivity contribution in [3.63, 3.8) is 0 Å². The maximum atomic E-state index is 13.3. The normalized spacial score (nSPS) is 19.5. The predicted octanol–water partition coefficient (Wildman–Crippen LogP) is 2.13. The third kappa shape index (κ3) is 3.48. The fourth-order valence-corrected chi connectivity index (χ4v) is 3.35. The van der Waals surface area contributed by atoms with Crippen LogP contribution in [0.5, 0.6) is 0 Å². The van der Waals surface area contributed by atoms with E-state index in [9.17, 15) is 4.79 Å². The number of carbonyl (C=O) groups is 1. The van der Waals surface area contributed by atoms with E-state index in [2.05, 4.69) is 21.9 Å². The van der Waals surface area contributed by atoms with Crippen molar-refractivity contribution in [3.05, 3.63) is 48.5 Å². The van der Waals surface area contributed by atoms with Gasteiger partial charge in [0.1, 0.15) is 18.7 Å². The molecule has 2 aromatic rings. The molecule has 1 fully saturated rings. The third-order valence-corrected chi connectivity index (χ3v) is 4.81. The van der Waals surface area contributed by atoms with E-state index in [-0.39, 0.29) is 18.0 Å². The van der Waals surface area contributed by atoms with Crippen molar-refractivity contribution < 1.29 is 4.79 Å². The van der Waals surface area contributed by atoms with E-state index in [1.54, 1.807) is 12.7 Å². The van der Waals surface area contributed by atoms with Crippen molar-refractivity contribution in [2.24, 2.45) is 0 Å². The Labute approximate surface area is 143 Å². The molecule has 2 heterocycles. The fraction of sp³-hybridized carbons (Fsp3) is 0.500. The molecule has 6 heteroatoms. The molecule has 1 aromatic heterocycles. The zero-order chi connectivity index (χ0) is 16.9. The molecule has 24 heavy (non-hydrogen) atoms. The molecule has 0 spiro atoms. The van der Waals surface area contributed by atoms with Gasteiger partial charge in [0, 0.05) is 13.1 Å². The summed E-state index contributed by atoms with van der Waals surface area (Å²) < 4.78 is 1.88. The number of likely N-dealkylation sites (N-methyl/N-ethyl adjacent to an activating group) is 1. The molecule has 0 unspecified atom stereocenters. The van der Waals surface area contributed by atoms with Crippen LogP contribution in [-0.2, 0) is 4.79 Å². The fourth-order valence-electron chi connectivity index (χ4n) is 3.35. The topological polar surface area (TPSA) is 54.3 Å². The van der Waals surface area contributed by atoms with E-state index in [1.807, 2.05) is 47.0 Å². The minimum Gasteiger partial charge on any atom is -0.339 e. The van der Waals surface area contributed by atoms with Crippen LogP contribution in [0.1, 0.15) is 37.4 Å². The first-order valence-electron chi connectivity index (χ1n) is 8.58. The standard InChI is InChI=1S/C18H25N5O/c1-3-21(2)17(15-8-5-4-6-9-15)18(24)22-11-7-10-16(12-22)23-14-19-13-20-23/h4-6,8-9,13-14,16-17H,3,7,10-12H2,1-2H3/t16-,17-/m1/s1. The van der Waals surface area contributed by atoms with Crippen LogP contribution in [0, 0.1) is 0 Å². The Morgan fingerprint density at radius 1 is 1.38 bits per heavy atom. The van der Waals surface area contributed by atoms with Crippen LogP contribution in [0.4, 0.5) is 0 Å². The van der Waals surface area contributed by atoms with Gasteiger partial charge in [0.05, 0.1) is 6.04 Å². The lowest BCUT2D eigenvalue weighted by Gasteiger charge is -2.37. The summed E-state index contributed by atoms with van der Waals surface area (Å²) in [4.78, 5) is 21.4. The molecule has 0 radical (unpaired) electrons. The Kier molecular flexibility index (Phi) is 5.25. The number of rotatable bonds is 5. The molecule has 0 saturated carbocycles. The molecule has 1 aromatic carbocycles. The van der Waals surface area contributed by atoms with Gasteiger partial charge in [-0.05, 0) is 32.0 Å². The highest BCUT2D eigenvalue weighted by Gasteiger charge is 2.32. The smallest absolute Gasteiger partial charge is 0.244 e. The number of likely N-dealkylation sites (tertiary alicyclic amines) is 1. The minimum absolute atomic E-state index is 0.176. The van der Waals surface area contributed by atoms with Crippen molar-refractivity contribution in [2.75, 3.05) is 26.7 Å². The molecule has 0 bridgehead atoms. The average Bonchev–Trinajstić information content (AvgIpc) is 3.17. The SMILES string of the molecule is CCN(C)[C@@H](C(=O)N1CCC[C@@H](n2cncn2)C1)c1ccccc1. The summed E-state index contributed by atoms with van der Waals surface area (Å²) in [6, 6.07) is 10.0. The maximum absolute atomic E-state index is 13.3. The van der Waals surface area contributed by atoms with Gasteiger partial charge < -0.3 is 4.90 Å². The second kappa shape index (κ2) is 7.57. The first-order chi connectivity index (χ1) is 11.7. The number of nitrogens with zero attached hydrogens (tertiary/aromatic N) is 5. The number of piperidine rings is 1. The number of amides is 1. The highest BCUT2D eigenvalue weighted by molar-refractivity contribution is 5.83. The predicted molar refractivity (Wildman–Crippen MR) is 92.4 cm³/mol. The van der Waals surface area contributed by atoms with Gasteiger partial charge in [0.25, 0.3) is 0 Å². The summed E-state index contributed by atoms with van der Waals surface area (Å²) in [5.74, 6) is 0.176. The molecule has 6 nitrogen and oxygen atoms in total. The van der Waals surface area contributed by atoms with Crippen LogP contribution in [0.3, 0.4) is 0 Å². The molecule has 128 valence electrons. The van der Waals surface area contributed by atoms with Crippen molar-refractivity contribution in [3.8, 4) is 0 Å². The van der Waals surface area contributed by atoms with Crippen LogP contribution in [-0.4, -0.2) is 57.2 Å². The van der Waals surface area contributed by atoms with E-state index in [0.29, 0.717) is 6.54 Å². The van der Waals surface area contributed by atoms with Gasteiger partial charge in [-0.15, -0.1) is 0 Å². The molecule has 1 amide bonds. The maximum Gasteiger partial charge on any atom is 0.244 e. The molecular formula is C18H25N5O. The van der Waals surface area contributed by atoms with Gasteiger partial charge in [0.15, 0.2) is 0 Å². The van der Waals surface area contributed by atoms with Crippen molar-refractivity contribution in [1.82, 2.24) is 24.6 Å². The second-order valence-electron chi connectivity index (χ2n) is 6.34. The van der Waals surface area contributed by atoms with Gasteiger partial charge in [-0.25, -0.2) is 9.67 Å². The van der Waals surface area contributed by atoms with Gasteiger partial charge in [-0.1, -0.05) is 37.3 Å². The lowest BCUT2D eigenvalue weighted by Crippen LogP contribution is -2.46. The van der Waals surface area contributed by atoms with Crippen molar-refractivity contribution in [1.29, 1.82) is 0 Å². The van der Waals surface area contributed by atoms with Crippen molar-refractivity contribution >= 4 is 5.91 Å². The average molecular weight is 327 g/mol. The van der Waals surface area contributed by atoms with Crippen molar-refractivity contribution in [2.45, 2.75) is 31.8 Å². The molecule has 1 aliphatic rings. The van der Waals surface area contributed by atoms with E-state index in [1.165, 1.54) is 0 Å². The lowest BCUT2D eigenvalue weighted by atomic mass is 10.0. The van der Waals surface area contributed by atoms with Crippen LogP contribution in [0.2, 0.25) is 0 Å². The summed E-state index contributed by atoms with van der Waals surface area (Å²) in [6.45, 7) is 4.41. The Hall–Kier alpha value is -2.21. The summed E-state index contributed by atoms with van der Waals surface area (Å²) in [7, 11) is 2.01. The van der Waals surface area contributed by atoms with Crippen LogP contribution >= 0.6 is 0 Å². The largest absolute Gasteiger partial charge is 0.339 e. The van der Waals surface area contributed by atoms with Gasteiger partial charge in [-0.2, -0.15) is 5.10 Å². The summed E-state index contributed by atoms with van der Waals surface area (Å²) >= 11 is 0. The number of carbonyl (C=O) groups excluding carboxylic acids is 1. The van der Waals surface area contributed by atoms with E-state index in [4.69, 9.17) is 0 Å². The van der Waals surface area contributed by atoms with E-state index < -0.39 is 0 Å². The third-order valence-electron chi connectivity index (χ3n) is 4.81. The van der Waals surface area contributed by atoms with Crippen LogP contribution < -0.4 is 0 Å². The number of aromatic nitrogens is 3. The first-order valence-corrected chi connectivity index (χ1v) is 8.58. The van der Waals surface area contributed by atoms with Crippen LogP contribution in [0.15, 0.2) is 43.0 Å². The summed E-state index contributed by atoms with van der Waals surface area (Å²) in [5.41, 5.74) is 1.05. The first kappa shape index (κ1) is 16.6. The summed E-state index contributed by atoms with van der Waals surface area (Å²) in [6.07, 6.45) is 5.32. The lowest BCUT2D eigenvalue weighted by molar-refractivity contribution is -0.138.